The van der Waals surface area contributed by atoms with Gasteiger partial charge in [-0.3, -0.25) is 0 Å². The van der Waals surface area contributed by atoms with Crippen LogP contribution in [0.4, 0.5) is 0 Å². The molecule has 1 nitrogen and oxygen atoms in total. The van der Waals surface area contributed by atoms with Gasteiger partial charge in [-0.2, -0.15) is 0 Å². The van der Waals surface area contributed by atoms with Crippen molar-refractivity contribution in [3.8, 4) is 0 Å². The first-order valence-corrected chi connectivity index (χ1v) is 9.14. The molecule has 0 heterocycles. The second-order valence-electron chi connectivity index (χ2n) is 3.37. The fourth-order valence-corrected chi connectivity index (χ4v) is 6.32. The highest BCUT2D eigenvalue weighted by Crippen LogP contribution is 2.03. The third-order valence-corrected chi connectivity index (χ3v) is 7.70. The normalized spacial score (nSPS) is 12.0. The van der Waals surface area contributed by atoms with Gasteiger partial charge in [0.1, 0.15) is 9.76 Å². The fourth-order valence-electron chi connectivity index (χ4n) is 1.30. The minimum Gasteiger partial charge on any atom is -0.463 e. The molecule has 0 aromatic carbocycles. The van der Waals surface area contributed by atoms with Crippen molar-refractivity contribution >= 4 is 18.8 Å². The molecule has 0 aliphatic heterocycles. The van der Waals surface area contributed by atoms with Gasteiger partial charge in [0.15, 0.2) is 9.04 Å². The number of hydrogen-bond donors (Lipinski definition) is 0. The molecule has 0 saturated carbocycles. The van der Waals surface area contributed by atoms with Crippen molar-refractivity contribution in [3.63, 3.8) is 0 Å². The lowest BCUT2D eigenvalue weighted by Crippen LogP contribution is -2.17. The van der Waals surface area contributed by atoms with Gasteiger partial charge in [-0.15, -0.1) is 0 Å². The Kier molecular flexibility index (Phi) is 9.79. The van der Waals surface area contributed by atoms with Gasteiger partial charge in [0.2, 0.25) is 0 Å². The zero-order valence-electron chi connectivity index (χ0n) is 8.94. The Morgan fingerprint density at radius 2 is 1.75 bits per heavy atom. The van der Waals surface area contributed by atoms with Crippen LogP contribution in [0.2, 0.25) is 18.1 Å². The maximum atomic E-state index is 5.96. The van der Waals surface area contributed by atoms with Crippen molar-refractivity contribution in [2.24, 2.45) is 0 Å². The Morgan fingerprint density at radius 3 is 2.25 bits per heavy atom. The van der Waals surface area contributed by atoms with Gasteiger partial charge in [0.05, 0.1) is 0 Å². The highest BCUT2D eigenvalue weighted by Gasteiger charge is 2.04. The molecule has 74 valence electrons. The van der Waals surface area contributed by atoms with E-state index in [1.165, 1.54) is 37.4 Å². The highest BCUT2D eigenvalue weighted by atomic mass is 28.3. The summed E-state index contributed by atoms with van der Waals surface area (Å²) in [7, 11) is -0.799. The Bertz CT molecular complexity index is 84.6. The second kappa shape index (κ2) is 9.48. The molecule has 0 fully saturated rings. The average Bonchev–Trinajstić information content (AvgIpc) is 2.11. The van der Waals surface area contributed by atoms with Crippen molar-refractivity contribution in [2.75, 3.05) is 0 Å². The topological polar surface area (TPSA) is 9.23 Å². The largest absolute Gasteiger partial charge is 0.463 e. The number of unbranched alkanes of at least 4 members (excludes halogenated alkanes) is 2. The predicted molar refractivity (Wildman–Crippen MR) is 62.1 cm³/mol. The number of hydrogen-bond acceptors (Lipinski definition) is 1. The summed E-state index contributed by atoms with van der Waals surface area (Å²) in [6.07, 6.45) is 4.16. The first-order valence-electron chi connectivity index (χ1n) is 5.46. The smallest absolute Gasteiger partial charge is 0.162 e. The van der Waals surface area contributed by atoms with Crippen molar-refractivity contribution in [1.82, 2.24) is 0 Å². The quantitative estimate of drug-likeness (QED) is 0.436. The van der Waals surface area contributed by atoms with Gasteiger partial charge < -0.3 is 4.12 Å². The Hall–Kier alpha value is 0.394. The Balaban J connectivity index is 3.06. The maximum Gasteiger partial charge on any atom is 0.162 e. The molecule has 3 heteroatoms. The molecule has 0 bridgehead atoms. The molecule has 0 aromatic heterocycles. The number of rotatable bonds is 8. The van der Waals surface area contributed by atoms with Crippen LogP contribution < -0.4 is 0 Å². The van der Waals surface area contributed by atoms with E-state index in [2.05, 4.69) is 20.8 Å². The van der Waals surface area contributed by atoms with Crippen molar-refractivity contribution in [2.45, 2.75) is 58.2 Å². The van der Waals surface area contributed by atoms with Crippen LogP contribution in [0.25, 0.3) is 0 Å². The molecule has 0 rings (SSSR count). The van der Waals surface area contributed by atoms with Crippen LogP contribution in [-0.4, -0.2) is 18.8 Å². The summed E-state index contributed by atoms with van der Waals surface area (Å²) in [6.45, 7) is 6.82. The standard InChI is InChI=1S/C9H24OSi2/c1-4-7-8-9-11-10-12(5-2)6-3/h12H,4-9,11H2,1-3H3. The summed E-state index contributed by atoms with van der Waals surface area (Å²) < 4.78 is 5.96. The first-order chi connectivity index (χ1) is 5.85. The SMILES string of the molecule is CCCCC[SiH2]O[SiH](CC)CC. The molecular weight excluding hydrogens is 180 g/mol. The minimum absolute atomic E-state index is 0.117. The van der Waals surface area contributed by atoms with E-state index in [9.17, 15) is 0 Å². The molecule has 0 aliphatic carbocycles. The summed E-state index contributed by atoms with van der Waals surface area (Å²) in [6, 6.07) is 4.08. The molecule has 0 saturated heterocycles. The summed E-state index contributed by atoms with van der Waals surface area (Å²) in [4.78, 5) is 0. The molecule has 0 aromatic rings. The zero-order valence-corrected chi connectivity index (χ0v) is 11.5. The van der Waals surface area contributed by atoms with Gasteiger partial charge in [0.25, 0.3) is 0 Å². The van der Waals surface area contributed by atoms with E-state index in [4.69, 9.17) is 4.12 Å². The first kappa shape index (κ1) is 12.4. The summed E-state index contributed by atoms with van der Waals surface area (Å²) in [5.41, 5.74) is 0. The van der Waals surface area contributed by atoms with Gasteiger partial charge in [0, 0.05) is 0 Å². The second-order valence-corrected chi connectivity index (χ2v) is 8.70. The van der Waals surface area contributed by atoms with Gasteiger partial charge in [-0.25, -0.2) is 0 Å². The lowest BCUT2D eigenvalue weighted by molar-refractivity contribution is 0.596. The van der Waals surface area contributed by atoms with Crippen LogP contribution in [0.1, 0.15) is 40.0 Å². The van der Waals surface area contributed by atoms with Crippen LogP contribution in [0, 0.1) is 0 Å². The van der Waals surface area contributed by atoms with E-state index in [0.29, 0.717) is 0 Å². The maximum absolute atomic E-state index is 5.96. The van der Waals surface area contributed by atoms with Crippen molar-refractivity contribution in [1.29, 1.82) is 0 Å². The van der Waals surface area contributed by atoms with Gasteiger partial charge in [-0.05, 0) is 18.1 Å². The van der Waals surface area contributed by atoms with E-state index in [1.54, 1.807) is 0 Å². The molecule has 0 radical (unpaired) electrons. The van der Waals surface area contributed by atoms with E-state index in [1.807, 2.05) is 0 Å². The van der Waals surface area contributed by atoms with Gasteiger partial charge in [-0.1, -0.05) is 40.0 Å². The van der Waals surface area contributed by atoms with Crippen LogP contribution in [0.15, 0.2) is 0 Å². The van der Waals surface area contributed by atoms with Crippen LogP contribution >= 0.6 is 0 Å². The Morgan fingerprint density at radius 1 is 1.08 bits per heavy atom. The molecule has 0 aliphatic rings. The highest BCUT2D eigenvalue weighted by molar-refractivity contribution is 6.58. The minimum atomic E-state index is -0.682. The van der Waals surface area contributed by atoms with Crippen molar-refractivity contribution in [3.05, 3.63) is 0 Å². The zero-order chi connectivity index (χ0) is 9.23. The predicted octanol–water partition coefficient (Wildman–Crippen LogP) is 2.46. The average molecular weight is 204 g/mol. The van der Waals surface area contributed by atoms with Crippen LogP contribution in [0.5, 0.6) is 0 Å². The van der Waals surface area contributed by atoms with Crippen molar-refractivity contribution < 1.29 is 4.12 Å². The fraction of sp³-hybridized carbons (Fsp3) is 1.00. The van der Waals surface area contributed by atoms with Gasteiger partial charge >= 0.3 is 0 Å². The van der Waals surface area contributed by atoms with E-state index >= 15 is 0 Å². The Labute approximate surface area is 81.6 Å². The summed E-state index contributed by atoms with van der Waals surface area (Å²) >= 11 is 0. The van der Waals surface area contributed by atoms with E-state index < -0.39 is 9.04 Å². The third-order valence-electron chi connectivity index (χ3n) is 2.26. The molecule has 0 atom stereocenters. The lowest BCUT2D eigenvalue weighted by atomic mass is 10.3. The summed E-state index contributed by atoms with van der Waals surface area (Å²) in [5.74, 6) is 0. The van der Waals surface area contributed by atoms with E-state index in [-0.39, 0.29) is 9.76 Å². The molecule has 0 amide bonds. The molecule has 0 unspecified atom stereocenters. The van der Waals surface area contributed by atoms with E-state index in [0.717, 1.165) is 0 Å². The lowest BCUT2D eigenvalue weighted by Gasteiger charge is -2.11. The molecule has 0 N–H and O–H groups in total. The molecular formula is C9H24OSi2. The molecule has 12 heavy (non-hydrogen) atoms. The monoisotopic (exact) mass is 204 g/mol. The molecule has 0 spiro atoms. The summed E-state index contributed by atoms with van der Waals surface area (Å²) in [5, 5.41) is 0. The van der Waals surface area contributed by atoms with Crippen LogP contribution in [0.3, 0.4) is 0 Å². The third kappa shape index (κ3) is 7.07. The van der Waals surface area contributed by atoms with Crippen LogP contribution in [-0.2, 0) is 4.12 Å².